The predicted molar refractivity (Wildman–Crippen MR) is 93.1 cm³/mol. The molecule has 3 rings (SSSR count). The Morgan fingerprint density at radius 2 is 2.04 bits per heavy atom. The summed E-state index contributed by atoms with van der Waals surface area (Å²) in [5.74, 6) is -1.41. The number of aliphatic carboxylic acids is 1. The Morgan fingerprint density at radius 3 is 2.67 bits per heavy atom. The minimum Gasteiger partial charge on any atom is -0.481 e. The Balaban J connectivity index is 1.66. The molecule has 1 N–H and O–H groups in total. The molecule has 1 aliphatic rings. The lowest BCUT2D eigenvalue weighted by atomic mass is 9.99. The predicted octanol–water partition coefficient (Wildman–Crippen LogP) is 3.19. The van der Waals surface area contributed by atoms with Crippen LogP contribution in [0.15, 0.2) is 29.6 Å². The summed E-state index contributed by atoms with van der Waals surface area (Å²) in [6, 6.07) is 7.40. The quantitative estimate of drug-likeness (QED) is 0.904. The number of likely N-dealkylation sites (tertiary alicyclic amines) is 1. The molecule has 2 aromatic rings. The number of nitrogens with zero attached hydrogens (tertiary/aromatic N) is 2. The van der Waals surface area contributed by atoms with Gasteiger partial charge in [0.15, 0.2) is 0 Å². The number of carbonyl (C=O) groups is 2. The molecule has 126 valence electrons. The van der Waals surface area contributed by atoms with Crippen LogP contribution in [0, 0.1) is 11.8 Å². The van der Waals surface area contributed by atoms with E-state index in [1.807, 2.05) is 24.4 Å². The van der Waals surface area contributed by atoms with Crippen LogP contribution in [0.3, 0.4) is 0 Å². The highest BCUT2D eigenvalue weighted by atomic mass is 35.5. The Labute approximate surface area is 148 Å². The maximum Gasteiger partial charge on any atom is 0.308 e. The largest absolute Gasteiger partial charge is 0.481 e. The molecule has 0 unspecified atom stereocenters. The average Bonchev–Trinajstić information content (AvgIpc) is 3.15. The van der Waals surface area contributed by atoms with Gasteiger partial charge < -0.3 is 10.0 Å². The van der Waals surface area contributed by atoms with Crippen LogP contribution in [0.25, 0.3) is 10.6 Å². The van der Waals surface area contributed by atoms with E-state index in [9.17, 15) is 9.59 Å². The fraction of sp³-hybridized carbons (Fsp3) is 0.353. The average molecular weight is 365 g/mol. The summed E-state index contributed by atoms with van der Waals surface area (Å²) in [6.45, 7) is 2.64. The van der Waals surface area contributed by atoms with Gasteiger partial charge in [0.1, 0.15) is 5.01 Å². The number of amides is 1. The van der Waals surface area contributed by atoms with Crippen molar-refractivity contribution < 1.29 is 14.7 Å². The normalized spacial score (nSPS) is 20.3. The fourth-order valence-electron chi connectivity index (χ4n) is 2.87. The molecule has 0 bridgehead atoms. The highest BCUT2D eigenvalue weighted by Gasteiger charge is 2.36. The minimum absolute atomic E-state index is 0.0217. The molecule has 1 aromatic carbocycles. The Morgan fingerprint density at radius 1 is 1.33 bits per heavy atom. The maximum atomic E-state index is 12.4. The molecule has 1 saturated heterocycles. The standard InChI is InChI=1S/C17H17ClN2O3S/c1-10-7-20(8-14(10)17(22)23)15(21)6-13-9-24-16(19-13)11-2-4-12(18)5-3-11/h2-5,9-10,14H,6-8H2,1H3,(H,22,23)/t10-,14-/m1/s1. The van der Waals surface area contributed by atoms with Gasteiger partial charge in [-0.15, -0.1) is 11.3 Å². The van der Waals surface area contributed by atoms with Crippen molar-refractivity contribution in [2.45, 2.75) is 13.3 Å². The van der Waals surface area contributed by atoms with Crippen molar-refractivity contribution in [3.63, 3.8) is 0 Å². The molecular formula is C17H17ClN2O3S. The van der Waals surface area contributed by atoms with Gasteiger partial charge in [0.05, 0.1) is 18.0 Å². The molecule has 24 heavy (non-hydrogen) atoms. The van der Waals surface area contributed by atoms with Crippen molar-refractivity contribution in [2.24, 2.45) is 11.8 Å². The van der Waals surface area contributed by atoms with E-state index >= 15 is 0 Å². The van der Waals surface area contributed by atoms with Gasteiger partial charge in [0.25, 0.3) is 0 Å². The van der Waals surface area contributed by atoms with Gasteiger partial charge in [0.2, 0.25) is 5.91 Å². The molecule has 1 amide bonds. The van der Waals surface area contributed by atoms with Crippen molar-refractivity contribution in [2.75, 3.05) is 13.1 Å². The van der Waals surface area contributed by atoms with E-state index in [1.165, 1.54) is 11.3 Å². The molecule has 2 atom stereocenters. The van der Waals surface area contributed by atoms with E-state index in [-0.39, 0.29) is 24.8 Å². The van der Waals surface area contributed by atoms with Gasteiger partial charge in [0, 0.05) is 29.1 Å². The number of carbonyl (C=O) groups excluding carboxylic acids is 1. The zero-order chi connectivity index (χ0) is 17.3. The zero-order valence-electron chi connectivity index (χ0n) is 13.1. The van der Waals surface area contributed by atoms with Crippen molar-refractivity contribution in [3.05, 3.63) is 40.4 Å². The lowest BCUT2D eigenvalue weighted by molar-refractivity contribution is -0.142. The van der Waals surface area contributed by atoms with Gasteiger partial charge in [-0.1, -0.05) is 30.7 Å². The molecule has 0 saturated carbocycles. The van der Waals surface area contributed by atoms with E-state index < -0.39 is 11.9 Å². The van der Waals surface area contributed by atoms with Crippen LogP contribution in [0.2, 0.25) is 5.02 Å². The summed E-state index contributed by atoms with van der Waals surface area (Å²) in [4.78, 5) is 29.7. The third kappa shape index (κ3) is 3.60. The van der Waals surface area contributed by atoms with Gasteiger partial charge in [-0.3, -0.25) is 9.59 Å². The number of hydrogen-bond donors (Lipinski definition) is 1. The molecule has 0 aliphatic carbocycles. The van der Waals surface area contributed by atoms with Crippen LogP contribution >= 0.6 is 22.9 Å². The SMILES string of the molecule is C[C@@H]1CN(C(=O)Cc2csc(-c3ccc(Cl)cc3)n2)C[C@H]1C(=O)O. The summed E-state index contributed by atoms with van der Waals surface area (Å²) in [5, 5.41) is 12.5. The lowest BCUT2D eigenvalue weighted by Crippen LogP contribution is -2.31. The second kappa shape index (κ2) is 6.91. The van der Waals surface area contributed by atoms with Gasteiger partial charge in [-0.2, -0.15) is 0 Å². The van der Waals surface area contributed by atoms with Crippen LogP contribution in [0.4, 0.5) is 0 Å². The number of benzene rings is 1. The molecule has 1 fully saturated rings. The number of carboxylic acids is 1. The van der Waals surface area contributed by atoms with E-state index in [4.69, 9.17) is 16.7 Å². The number of hydrogen-bond acceptors (Lipinski definition) is 4. The number of rotatable bonds is 4. The second-order valence-electron chi connectivity index (χ2n) is 6.05. The minimum atomic E-state index is -0.837. The summed E-state index contributed by atoms with van der Waals surface area (Å²) in [7, 11) is 0. The molecule has 2 heterocycles. The van der Waals surface area contributed by atoms with Crippen LogP contribution in [-0.2, 0) is 16.0 Å². The van der Waals surface area contributed by atoms with E-state index in [0.29, 0.717) is 17.3 Å². The first-order chi connectivity index (χ1) is 11.4. The Kier molecular flexibility index (Phi) is 4.87. The molecule has 7 heteroatoms. The number of aromatic nitrogens is 1. The molecule has 1 aliphatic heterocycles. The van der Waals surface area contributed by atoms with Gasteiger partial charge in [-0.25, -0.2) is 4.98 Å². The summed E-state index contributed by atoms with van der Waals surface area (Å²) < 4.78 is 0. The smallest absolute Gasteiger partial charge is 0.308 e. The van der Waals surface area contributed by atoms with Crippen LogP contribution in [-0.4, -0.2) is 40.0 Å². The summed E-state index contributed by atoms with van der Waals surface area (Å²) >= 11 is 7.36. The van der Waals surface area contributed by atoms with Crippen molar-refractivity contribution >= 4 is 34.8 Å². The number of halogens is 1. The molecular weight excluding hydrogens is 348 g/mol. The van der Waals surface area contributed by atoms with Crippen LogP contribution in [0.5, 0.6) is 0 Å². The van der Waals surface area contributed by atoms with E-state index in [1.54, 1.807) is 17.0 Å². The molecule has 5 nitrogen and oxygen atoms in total. The molecule has 0 spiro atoms. The monoisotopic (exact) mass is 364 g/mol. The van der Waals surface area contributed by atoms with Crippen molar-refractivity contribution in [3.8, 4) is 10.6 Å². The molecule has 1 aromatic heterocycles. The van der Waals surface area contributed by atoms with Crippen molar-refractivity contribution in [1.82, 2.24) is 9.88 Å². The summed E-state index contributed by atoms with van der Waals surface area (Å²) in [5.41, 5.74) is 1.67. The van der Waals surface area contributed by atoms with Crippen LogP contribution in [0.1, 0.15) is 12.6 Å². The van der Waals surface area contributed by atoms with Crippen LogP contribution < -0.4 is 0 Å². The maximum absolute atomic E-state index is 12.4. The highest BCUT2D eigenvalue weighted by Crippen LogP contribution is 2.27. The Hall–Kier alpha value is -1.92. The first-order valence-electron chi connectivity index (χ1n) is 7.65. The second-order valence-corrected chi connectivity index (χ2v) is 7.34. The third-order valence-corrected chi connectivity index (χ3v) is 5.45. The van der Waals surface area contributed by atoms with E-state index in [2.05, 4.69) is 4.98 Å². The number of carboxylic acid groups (broad SMARTS) is 1. The molecule has 0 radical (unpaired) electrons. The topological polar surface area (TPSA) is 70.5 Å². The Bertz CT molecular complexity index is 759. The highest BCUT2D eigenvalue weighted by molar-refractivity contribution is 7.13. The van der Waals surface area contributed by atoms with Gasteiger partial charge >= 0.3 is 5.97 Å². The fourth-order valence-corrected chi connectivity index (χ4v) is 3.82. The lowest BCUT2D eigenvalue weighted by Gasteiger charge is -2.14. The van der Waals surface area contributed by atoms with Gasteiger partial charge in [-0.05, 0) is 18.1 Å². The zero-order valence-corrected chi connectivity index (χ0v) is 14.7. The summed E-state index contributed by atoms with van der Waals surface area (Å²) in [6.07, 6.45) is 0.198. The van der Waals surface area contributed by atoms with E-state index in [0.717, 1.165) is 10.6 Å². The third-order valence-electron chi connectivity index (χ3n) is 4.26. The first kappa shape index (κ1) is 16.9. The first-order valence-corrected chi connectivity index (χ1v) is 8.90. The van der Waals surface area contributed by atoms with Crippen molar-refractivity contribution in [1.29, 1.82) is 0 Å². The number of thiazole rings is 1.